The predicted molar refractivity (Wildman–Crippen MR) is 91.1 cm³/mol. The van der Waals surface area contributed by atoms with Crippen molar-refractivity contribution in [1.82, 2.24) is 0 Å². The maximum atomic E-state index is 10.5. The van der Waals surface area contributed by atoms with Crippen molar-refractivity contribution in [3.05, 3.63) is 57.8 Å². The molecular weight excluding hydrogens is 300 g/mol. The summed E-state index contributed by atoms with van der Waals surface area (Å²) in [6.45, 7) is 4.39. The first-order chi connectivity index (χ1) is 10.0. The van der Waals surface area contributed by atoms with Crippen LogP contribution in [0.1, 0.15) is 35.1 Å². The normalized spacial score (nSPS) is 11.4. The third kappa shape index (κ3) is 5.06. The van der Waals surface area contributed by atoms with Gasteiger partial charge in [0.15, 0.2) is 0 Å². The van der Waals surface area contributed by atoms with E-state index in [1.165, 1.54) is 21.4 Å². The minimum absolute atomic E-state index is 0.560. The highest BCUT2D eigenvalue weighted by atomic mass is 32.2. The average molecular weight is 318 g/mol. The van der Waals surface area contributed by atoms with Crippen molar-refractivity contribution in [2.24, 2.45) is 0 Å². The minimum Gasteiger partial charge on any atom is -0.478 e. The SMILES string of the molecule is CC(C)c1ccc(SCc2ccc(C=CC(=O)O)s2)cc1. The molecule has 0 aliphatic rings. The van der Waals surface area contributed by atoms with Crippen molar-refractivity contribution < 1.29 is 9.90 Å². The van der Waals surface area contributed by atoms with Crippen LogP contribution in [0.3, 0.4) is 0 Å². The highest BCUT2D eigenvalue weighted by Crippen LogP contribution is 2.28. The zero-order valence-electron chi connectivity index (χ0n) is 12.1. The maximum absolute atomic E-state index is 10.5. The molecule has 4 heteroatoms. The lowest BCUT2D eigenvalue weighted by molar-refractivity contribution is -0.131. The van der Waals surface area contributed by atoms with Crippen LogP contribution in [0.2, 0.25) is 0 Å². The molecule has 0 fully saturated rings. The molecular formula is C17H18O2S2. The summed E-state index contributed by atoms with van der Waals surface area (Å²) >= 11 is 3.43. The Kier molecular flexibility index (Phi) is 5.65. The molecule has 1 aromatic heterocycles. The number of benzene rings is 1. The Morgan fingerprint density at radius 1 is 1.24 bits per heavy atom. The van der Waals surface area contributed by atoms with Crippen molar-refractivity contribution in [2.75, 3.05) is 0 Å². The largest absolute Gasteiger partial charge is 0.478 e. The van der Waals surface area contributed by atoms with Crippen LogP contribution in [0.4, 0.5) is 0 Å². The van der Waals surface area contributed by atoms with Crippen LogP contribution in [0.5, 0.6) is 0 Å². The second-order valence-electron chi connectivity index (χ2n) is 4.99. The molecule has 0 radical (unpaired) electrons. The fourth-order valence-corrected chi connectivity index (χ4v) is 3.68. The Balaban J connectivity index is 1.92. The number of hydrogen-bond acceptors (Lipinski definition) is 3. The predicted octanol–water partition coefficient (Wildman–Crippen LogP) is 5.26. The number of thiophene rings is 1. The van der Waals surface area contributed by atoms with Crippen LogP contribution in [-0.2, 0) is 10.5 Å². The van der Waals surface area contributed by atoms with Crippen LogP contribution in [0, 0.1) is 0 Å². The molecule has 1 N–H and O–H groups in total. The molecule has 0 unspecified atom stereocenters. The van der Waals surface area contributed by atoms with Crippen molar-refractivity contribution >= 4 is 35.1 Å². The first kappa shape index (κ1) is 15.9. The van der Waals surface area contributed by atoms with Crippen molar-refractivity contribution in [3.8, 4) is 0 Å². The van der Waals surface area contributed by atoms with E-state index in [0.717, 1.165) is 10.6 Å². The summed E-state index contributed by atoms with van der Waals surface area (Å²) in [5.41, 5.74) is 1.36. The maximum Gasteiger partial charge on any atom is 0.328 e. The lowest BCUT2D eigenvalue weighted by Gasteiger charge is -2.06. The summed E-state index contributed by atoms with van der Waals surface area (Å²) < 4.78 is 0. The molecule has 2 nitrogen and oxygen atoms in total. The molecule has 0 aliphatic carbocycles. The van der Waals surface area contributed by atoms with Crippen molar-refractivity contribution in [2.45, 2.75) is 30.4 Å². The van der Waals surface area contributed by atoms with Gasteiger partial charge in [0.05, 0.1) is 0 Å². The van der Waals surface area contributed by atoms with E-state index in [1.54, 1.807) is 29.2 Å². The van der Waals surface area contributed by atoms with Crippen LogP contribution in [0.25, 0.3) is 6.08 Å². The van der Waals surface area contributed by atoms with E-state index in [0.29, 0.717) is 5.92 Å². The van der Waals surface area contributed by atoms with Crippen molar-refractivity contribution in [3.63, 3.8) is 0 Å². The van der Waals surface area contributed by atoms with Gasteiger partial charge in [-0.3, -0.25) is 0 Å². The molecule has 110 valence electrons. The zero-order valence-corrected chi connectivity index (χ0v) is 13.7. The highest BCUT2D eigenvalue weighted by molar-refractivity contribution is 7.98. The molecule has 1 heterocycles. The number of carbonyl (C=O) groups is 1. The monoisotopic (exact) mass is 318 g/mol. The second kappa shape index (κ2) is 7.48. The molecule has 2 aromatic rings. The van der Waals surface area contributed by atoms with Gasteiger partial charge < -0.3 is 5.11 Å². The minimum atomic E-state index is -0.912. The molecule has 2 rings (SSSR count). The number of rotatable bonds is 6. The van der Waals surface area contributed by atoms with E-state index in [1.807, 2.05) is 6.07 Å². The Hall–Kier alpha value is -1.52. The first-order valence-corrected chi connectivity index (χ1v) is 8.57. The summed E-state index contributed by atoms with van der Waals surface area (Å²) in [5, 5.41) is 8.61. The topological polar surface area (TPSA) is 37.3 Å². The summed E-state index contributed by atoms with van der Waals surface area (Å²) in [6.07, 6.45) is 2.81. The van der Waals surface area contributed by atoms with Crippen LogP contribution < -0.4 is 0 Å². The third-order valence-corrected chi connectivity index (χ3v) is 5.29. The van der Waals surface area contributed by atoms with E-state index in [2.05, 4.69) is 44.2 Å². The van der Waals surface area contributed by atoms with Gasteiger partial charge in [-0.1, -0.05) is 26.0 Å². The fourth-order valence-electron chi connectivity index (χ4n) is 1.82. The summed E-state index contributed by atoms with van der Waals surface area (Å²) in [4.78, 5) is 14.0. The molecule has 0 saturated carbocycles. The van der Waals surface area contributed by atoms with Crippen LogP contribution >= 0.6 is 23.1 Å². The van der Waals surface area contributed by atoms with Gasteiger partial charge in [0.1, 0.15) is 0 Å². The number of carboxylic acid groups (broad SMARTS) is 1. The number of aliphatic carboxylic acids is 1. The lowest BCUT2D eigenvalue weighted by Crippen LogP contribution is -1.85. The summed E-state index contributed by atoms with van der Waals surface area (Å²) in [7, 11) is 0. The molecule has 1 aromatic carbocycles. The lowest BCUT2D eigenvalue weighted by atomic mass is 10.0. The van der Waals surface area contributed by atoms with Gasteiger partial charge in [0, 0.05) is 26.5 Å². The molecule has 0 spiro atoms. The molecule has 0 atom stereocenters. The second-order valence-corrected chi connectivity index (χ2v) is 7.24. The van der Waals surface area contributed by atoms with Gasteiger partial charge >= 0.3 is 5.97 Å². The van der Waals surface area contributed by atoms with E-state index in [4.69, 9.17) is 5.11 Å². The Bertz CT molecular complexity index is 624. The zero-order chi connectivity index (χ0) is 15.2. The van der Waals surface area contributed by atoms with E-state index in [-0.39, 0.29) is 0 Å². The molecule has 0 saturated heterocycles. The van der Waals surface area contributed by atoms with Gasteiger partial charge in [-0.05, 0) is 41.8 Å². The molecule has 21 heavy (non-hydrogen) atoms. The number of thioether (sulfide) groups is 1. The Morgan fingerprint density at radius 2 is 1.95 bits per heavy atom. The number of carboxylic acids is 1. The molecule has 0 amide bonds. The van der Waals surface area contributed by atoms with E-state index >= 15 is 0 Å². The number of hydrogen-bond donors (Lipinski definition) is 1. The third-order valence-electron chi connectivity index (χ3n) is 3.00. The standard InChI is InChI=1S/C17H18O2S2/c1-12(2)13-3-5-14(6-4-13)20-11-16-8-7-15(21-16)9-10-17(18)19/h3-10,12H,11H2,1-2H3,(H,18,19). The van der Waals surface area contributed by atoms with Gasteiger partial charge in [-0.2, -0.15) is 0 Å². The van der Waals surface area contributed by atoms with Crippen molar-refractivity contribution in [1.29, 1.82) is 0 Å². The van der Waals surface area contributed by atoms with Gasteiger partial charge in [0.2, 0.25) is 0 Å². The molecule has 0 bridgehead atoms. The first-order valence-electron chi connectivity index (χ1n) is 6.77. The van der Waals surface area contributed by atoms with Crippen LogP contribution in [0.15, 0.2) is 47.4 Å². The van der Waals surface area contributed by atoms with Gasteiger partial charge in [-0.25, -0.2) is 4.79 Å². The smallest absolute Gasteiger partial charge is 0.328 e. The quantitative estimate of drug-likeness (QED) is 0.583. The molecule has 0 aliphatic heterocycles. The summed E-state index contributed by atoms with van der Waals surface area (Å²) in [6, 6.07) is 12.7. The highest BCUT2D eigenvalue weighted by Gasteiger charge is 2.02. The average Bonchev–Trinajstić information content (AvgIpc) is 2.91. The Labute approximate surface area is 133 Å². The van der Waals surface area contributed by atoms with E-state index in [9.17, 15) is 4.79 Å². The van der Waals surface area contributed by atoms with E-state index < -0.39 is 5.97 Å². The fraction of sp³-hybridized carbons (Fsp3) is 0.235. The Morgan fingerprint density at radius 3 is 2.57 bits per heavy atom. The van der Waals surface area contributed by atoms with Crippen LogP contribution in [-0.4, -0.2) is 11.1 Å². The van der Waals surface area contributed by atoms with Gasteiger partial charge in [0.25, 0.3) is 0 Å². The summed E-state index contributed by atoms with van der Waals surface area (Å²) in [5.74, 6) is 0.557. The van der Waals surface area contributed by atoms with Gasteiger partial charge in [-0.15, -0.1) is 23.1 Å².